The Kier molecular flexibility index (Phi) is 4.86. The van der Waals surface area contributed by atoms with Crippen LogP contribution in [-0.2, 0) is 9.53 Å². The molecule has 0 aromatic heterocycles. The summed E-state index contributed by atoms with van der Waals surface area (Å²) in [7, 11) is 2.99. The third-order valence-corrected chi connectivity index (χ3v) is 4.37. The van der Waals surface area contributed by atoms with Crippen LogP contribution in [0.15, 0.2) is 29.5 Å². The first-order valence-corrected chi connectivity index (χ1v) is 7.33. The number of nitrogens with zero attached hydrogens (tertiary/aromatic N) is 2. The van der Waals surface area contributed by atoms with Crippen molar-refractivity contribution < 1.29 is 14.5 Å². The molecule has 122 valence electrons. The number of allylic oxidation sites excluding steroid dienone is 1. The number of thiocarbonyl (C=S) groups is 1. The first kappa shape index (κ1) is 17.2. The van der Waals surface area contributed by atoms with Crippen LogP contribution in [0.2, 0.25) is 5.02 Å². The average molecular weight is 356 g/mol. The van der Waals surface area contributed by atoms with E-state index in [4.69, 9.17) is 28.6 Å². The molecule has 0 saturated heterocycles. The predicted molar refractivity (Wildman–Crippen MR) is 89.1 cm³/mol. The van der Waals surface area contributed by atoms with E-state index in [1.165, 1.54) is 19.2 Å². The summed E-state index contributed by atoms with van der Waals surface area (Å²) in [5.41, 5.74) is 1.21. The van der Waals surface area contributed by atoms with Crippen molar-refractivity contribution in [2.45, 2.75) is 13.0 Å². The number of carbonyl (C=O) groups is 1. The van der Waals surface area contributed by atoms with E-state index >= 15 is 0 Å². The topological polar surface area (TPSA) is 84.7 Å². The summed E-state index contributed by atoms with van der Waals surface area (Å²) >= 11 is 11.1. The molecule has 1 aliphatic heterocycles. The number of hydrogen-bond donors (Lipinski definition) is 1. The Morgan fingerprint density at radius 2 is 2.17 bits per heavy atom. The molecule has 0 radical (unpaired) electrons. The van der Waals surface area contributed by atoms with Crippen molar-refractivity contribution in [2.75, 3.05) is 14.2 Å². The fraction of sp³-hybridized carbons (Fsp3) is 0.286. The predicted octanol–water partition coefficient (Wildman–Crippen LogP) is 2.56. The molecule has 1 aromatic carbocycles. The SMILES string of the molecule is COC(=O)C1=C(C)N(C)C(=S)N[C@H]1c1ccc(Cl)c([N+](=O)[O-])c1. The number of ether oxygens (including phenoxy) is 1. The summed E-state index contributed by atoms with van der Waals surface area (Å²) in [5.74, 6) is -0.535. The zero-order chi connectivity index (χ0) is 17.3. The second-order valence-corrected chi connectivity index (χ2v) is 5.69. The van der Waals surface area contributed by atoms with Gasteiger partial charge in [0.15, 0.2) is 5.11 Å². The molecule has 1 aromatic rings. The fourth-order valence-electron chi connectivity index (χ4n) is 2.31. The van der Waals surface area contributed by atoms with Gasteiger partial charge in [0.1, 0.15) is 5.02 Å². The lowest BCUT2D eigenvalue weighted by atomic mass is 9.95. The Morgan fingerprint density at radius 1 is 1.52 bits per heavy atom. The zero-order valence-electron chi connectivity index (χ0n) is 12.6. The maximum Gasteiger partial charge on any atom is 0.337 e. The van der Waals surface area contributed by atoms with Crippen LogP contribution in [0, 0.1) is 10.1 Å². The number of nitrogens with one attached hydrogen (secondary N) is 1. The summed E-state index contributed by atoms with van der Waals surface area (Å²) in [6.07, 6.45) is 0. The van der Waals surface area contributed by atoms with Gasteiger partial charge in [0.25, 0.3) is 5.69 Å². The van der Waals surface area contributed by atoms with Crippen LogP contribution >= 0.6 is 23.8 Å². The lowest BCUT2D eigenvalue weighted by Crippen LogP contribution is -2.46. The third-order valence-electron chi connectivity index (χ3n) is 3.66. The van der Waals surface area contributed by atoms with Crippen LogP contribution in [0.25, 0.3) is 0 Å². The highest BCUT2D eigenvalue weighted by Gasteiger charge is 2.34. The summed E-state index contributed by atoms with van der Waals surface area (Å²) in [5, 5.41) is 14.5. The first-order chi connectivity index (χ1) is 10.8. The number of hydrogen-bond acceptors (Lipinski definition) is 5. The molecule has 0 amide bonds. The van der Waals surface area contributed by atoms with Crippen LogP contribution in [0.5, 0.6) is 0 Å². The number of carbonyl (C=O) groups excluding carboxylic acids is 1. The van der Waals surface area contributed by atoms with Crippen LogP contribution in [0.4, 0.5) is 5.69 Å². The average Bonchev–Trinajstić information content (AvgIpc) is 2.51. The third kappa shape index (κ3) is 3.13. The van der Waals surface area contributed by atoms with Crippen LogP contribution in [0.3, 0.4) is 0 Å². The molecule has 0 spiro atoms. The van der Waals surface area contributed by atoms with E-state index in [2.05, 4.69) is 5.32 Å². The van der Waals surface area contributed by atoms with Crippen LogP contribution < -0.4 is 5.32 Å². The lowest BCUT2D eigenvalue weighted by molar-refractivity contribution is -0.384. The van der Waals surface area contributed by atoms with Crippen molar-refractivity contribution in [3.05, 3.63) is 50.2 Å². The summed E-state index contributed by atoms with van der Waals surface area (Å²) in [4.78, 5) is 24.3. The monoisotopic (exact) mass is 355 g/mol. The van der Waals surface area contributed by atoms with E-state index < -0.39 is 16.9 Å². The molecule has 23 heavy (non-hydrogen) atoms. The van der Waals surface area contributed by atoms with Gasteiger partial charge in [-0.1, -0.05) is 17.7 Å². The molecule has 0 bridgehead atoms. The number of esters is 1. The van der Waals surface area contributed by atoms with Gasteiger partial charge in [0, 0.05) is 18.8 Å². The van der Waals surface area contributed by atoms with E-state index in [1.807, 2.05) is 0 Å². The molecule has 1 atom stereocenters. The summed E-state index contributed by atoms with van der Waals surface area (Å²) < 4.78 is 4.83. The molecular weight excluding hydrogens is 342 g/mol. The Bertz CT molecular complexity index is 735. The van der Waals surface area contributed by atoms with Gasteiger partial charge in [-0.15, -0.1) is 0 Å². The number of rotatable bonds is 3. The largest absolute Gasteiger partial charge is 0.466 e. The molecule has 7 nitrogen and oxygen atoms in total. The fourth-order valence-corrected chi connectivity index (χ4v) is 2.75. The number of nitro benzene ring substituents is 1. The van der Waals surface area contributed by atoms with Gasteiger partial charge >= 0.3 is 5.97 Å². The maximum atomic E-state index is 12.1. The molecule has 1 aliphatic rings. The van der Waals surface area contributed by atoms with Crippen molar-refractivity contribution in [2.24, 2.45) is 0 Å². The van der Waals surface area contributed by atoms with Crippen molar-refractivity contribution in [1.82, 2.24) is 10.2 Å². The molecular formula is C14H14ClN3O4S. The molecule has 9 heteroatoms. The minimum absolute atomic E-state index is 0.0228. The Balaban J connectivity index is 2.60. The summed E-state index contributed by atoms with van der Waals surface area (Å²) in [6.45, 7) is 1.73. The quantitative estimate of drug-likeness (QED) is 0.386. The molecule has 0 fully saturated rings. The number of methoxy groups -OCH3 is 1. The Hall–Kier alpha value is -2.19. The normalized spacial score (nSPS) is 17.8. The van der Waals surface area contributed by atoms with Gasteiger partial charge in [-0.2, -0.15) is 0 Å². The van der Waals surface area contributed by atoms with Gasteiger partial charge in [-0.3, -0.25) is 10.1 Å². The van der Waals surface area contributed by atoms with Gasteiger partial charge in [0.05, 0.1) is 23.6 Å². The van der Waals surface area contributed by atoms with E-state index in [-0.39, 0.29) is 10.7 Å². The van der Waals surface area contributed by atoms with E-state index in [0.717, 1.165) is 0 Å². The standard InChI is InChI=1S/C14H14ClN3O4S/c1-7-11(13(19)22-3)12(16-14(23)17(7)2)8-4-5-9(15)10(6-8)18(20)21/h4-6,12H,1-3H3,(H,16,23)/t12-/m0/s1. The van der Waals surface area contributed by atoms with Gasteiger partial charge in [-0.25, -0.2) is 4.79 Å². The molecule has 0 aliphatic carbocycles. The number of nitro groups is 1. The van der Waals surface area contributed by atoms with Crippen molar-refractivity contribution >= 4 is 40.6 Å². The van der Waals surface area contributed by atoms with Gasteiger partial charge < -0.3 is 15.0 Å². The van der Waals surface area contributed by atoms with E-state index in [0.29, 0.717) is 21.9 Å². The second-order valence-electron chi connectivity index (χ2n) is 4.90. The van der Waals surface area contributed by atoms with Crippen LogP contribution in [0.1, 0.15) is 18.5 Å². The zero-order valence-corrected chi connectivity index (χ0v) is 14.2. The molecule has 1 heterocycles. The maximum absolute atomic E-state index is 12.1. The van der Waals surface area contributed by atoms with Gasteiger partial charge in [0.2, 0.25) is 0 Å². The second kappa shape index (κ2) is 6.51. The molecule has 1 N–H and O–H groups in total. The molecule has 0 unspecified atom stereocenters. The van der Waals surface area contributed by atoms with Crippen LogP contribution in [-0.4, -0.2) is 35.1 Å². The van der Waals surface area contributed by atoms with Gasteiger partial charge in [-0.05, 0) is 30.8 Å². The van der Waals surface area contributed by atoms with Crippen molar-refractivity contribution in [1.29, 1.82) is 0 Å². The highest BCUT2D eigenvalue weighted by Crippen LogP contribution is 2.34. The number of halogens is 1. The van der Waals surface area contributed by atoms with Crippen molar-refractivity contribution in [3.63, 3.8) is 0 Å². The lowest BCUT2D eigenvalue weighted by Gasteiger charge is -2.35. The van der Waals surface area contributed by atoms with E-state index in [9.17, 15) is 14.9 Å². The smallest absolute Gasteiger partial charge is 0.337 e. The Morgan fingerprint density at radius 3 is 2.74 bits per heavy atom. The number of benzene rings is 1. The Labute approximate surface area is 143 Å². The summed E-state index contributed by atoms with van der Waals surface area (Å²) in [6, 6.07) is 3.70. The van der Waals surface area contributed by atoms with E-state index in [1.54, 1.807) is 24.9 Å². The minimum atomic E-state index is -0.651. The van der Waals surface area contributed by atoms with Crippen molar-refractivity contribution in [3.8, 4) is 0 Å². The minimum Gasteiger partial charge on any atom is -0.466 e. The first-order valence-electron chi connectivity index (χ1n) is 6.55. The highest BCUT2D eigenvalue weighted by molar-refractivity contribution is 7.80. The molecule has 0 saturated carbocycles. The molecule has 2 rings (SSSR count). The highest BCUT2D eigenvalue weighted by atomic mass is 35.5.